The Hall–Kier alpha value is -3.80. The van der Waals surface area contributed by atoms with Gasteiger partial charge >= 0.3 is 0 Å². The summed E-state index contributed by atoms with van der Waals surface area (Å²) < 4.78 is 29.9. The second-order valence-corrected chi connectivity index (χ2v) is 5.98. The second-order valence-electron chi connectivity index (χ2n) is 5.98. The van der Waals surface area contributed by atoms with Crippen LogP contribution in [0.4, 0.5) is 10.1 Å². The number of carbonyl (C=O) groups is 1. The van der Waals surface area contributed by atoms with E-state index in [0.717, 1.165) is 0 Å². The third-order valence-electron chi connectivity index (χ3n) is 3.94. The molecule has 0 saturated heterocycles. The number of anilines is 1. The lowest BCUT2D eigenvalue weighted by atomic mass is 10.1. The van der Waals surface area contributed by atoms with Crippen LogP contribution in [0.3, 0.4) is 0 Å². The molecule has 1 amide bonds. The van der Waals surface area contributed by atoms with Crippen LogP contribution in [0.25, 0.3) is 0 Å². The van der Waals surface area contributed by atoms with E-state index in [1.807, 2.05) is 0 Å². The summed E-state index contributed by atoms with van der Waals surface area (Å²) in [5.41, 5.74) is 0.834. The standard InChI is InChI=1S/C23H20FNO4/c1-3-13-28-21-12-11-16(14-22(21)27-2)23(26)25-19-9-4-5-10-20(19)29-18-8-6-7-17(24)15-18/h3-12,14-15H,1,13H2,2H3,(H,25,26). The fraction of sp³-hybridized carbons (Fsp3) is 0.0870. The largest absolute Gasteiger partial charge is 0.493 e. The Kier molecular flexibility index (Phi) is 6.47. The normalized spacial score (nSPS) is 10.1. The second kappa shape index (κ2) is 9.41. The Morgan fingerprint density at radius 1 is 1.03 bits per heavy atom. The van der Waals surface area contributed by atoms with Crippen LogP contribution >= 0.6 is 0 Å². The monoisotopic (exact) mass is 393 g/mol. The lowest BCUT2D eigenvalue weighted by Gasteiger charge is -2.14. The van der Waals surface area contributed by atoms with E-state index in [9.17, 15) is 9.18 Å². The molecule has 0 aliphatic carbocycles. The number of nitrogens with one attached hydrogen (secondary N) is 1. The first-order valence-corrected chi connectivity index (χ1v) is 8.86. The zero-order chi connectivity index (χ0) is 20.6. The molecule has 0 bridgehead atoms. The van der Waals surface area contributed by atoms with Gasteiger partial charge in [-0.3, -0.25) is 4.79 Å². The van der Waals surface area contributed by atoms with Gasteiger partial charge in [0.1, 0.15) is 18.2 Å². The number of hydrogen-bond acceptors (Lipinski definition) is 4. The molecule has 3 rings (SSSR count). The molecule has 0 aromatic heterocycles. The summed E-state index contributed by atoms with van der Waals surface area (Å²) >= 11 is 0. The van der Waals surface area contributed by atoms with E-state index >= 15 is 0 Å². The number of halogens is 1. The molecule has 3 aromatic carbocycles. The van der Waals surface area contributed by atoms with Crippen molar-refractivity contribution >= 4 is 11.6 Å². The first kappa shape index (κ1) is 19.9. The molecule has 0 saturated carbocycles. The van der Waals surface area contributed by atoms with Crippen LogP contribution in [0.15, 0.2) is 79.4 Å². The maximum atomic E-state index is 13.4. The smallest absolute Gasteiger partial charge is 0.255 e. The topological polar surface area (TPSA) is 56.8 Å². The van der Waals surface area contributed by atoms with Crippen molar-refractivity contribution < 1.29 is 23.4 Å². The minimum atomic E-state index is -0.408. The Labute approximate surface area is 168 Å². The molecule has 0 atom stereocenters. The van der Waals surface area contributed by atoms with Gasteiger partial charge in [0.2, 0.25) is 0 Å². The number of para-hydroxylation sites is 2. The highest BCUT2D eigenvalue weighted by molar-refractivity contribution is 6.05. The van der Waals surface area contributed by atoms with E-state index in [2.05, 4.69) is 11.9 Å². The van der Waals surface area contributed by atoms with E-state index in [-0.39, 0.29) is 5.91 Å². The molecular weight excluding hydrogens is 373 g/mol. The number of ether oxygens (including phenoxy) is 3. The van der Waals surface area contributed by atoms with Gasteiger partial charge in [0.25, 0.3) is 5.91 Å². The summed E-state index contributed by atoms with van der Waals surface area (Å²) in [4.78, 5) is 12.7. The fourth-order valence-electron chi connectivity index (χ4n) is 2.59. The summed E-state index contributed by atoms with van der Waals surface area (Å²) in [6, 6.07) is 17.6. The average Bonchev–Trinajstić information content (AvgIpc) is 2.73. The number of carbonyl (C=O) groups excluding carboxylic acids is 1. The van der Waals surface area contributed by atoms with Gasteiger partial charge in [0.15, 0.2) is 17.2 Å². The van der Waals surface area contributed by atoms with Crippen molar-refractivity contribution in [3.63, 3.8) is 0 Å². The lowest BCUT2D eigenvalue weighted by molar-refractivity contribution is 0.102. The van der Waals surface area contributed by atoms with Crippen LogP contribution in [0.5, 0.6) is 23.0 Å². The van der Waals surface area contributed by atoms with E-state index in [1.54, 1.807) is 60.7 Å². The predicted octanol–water partition coefficient (Wildman–Crippen LogP) is 5.44. The van der Waals surface area contributed by atoms with Crippen molar-refractivity contribution in [3.05, 3.63) is 90.8 Å². The molecule has 0 radical (unpaired) electrons. The molecule has 0 spiro atoms. The molecule has 0 unspecified atom stereocenters. The zero-order valence-electron chi connectivity index (χ0n) is 15.9. The third-order valence-corrected chi connectivity index (χ3v) is 3.94. The maximum absolute atomic E-state index is 13.4. The molecule has 5 nitrogen and oxygen atoms in total. The van der Waals surface area contributed by atoms with E-state index in [1.165, 1.54) is 19.2 Å². The summed E-state index contributed by atoms with van der Waals surface area (Å²) in [6.45, 7) is 3.93. The molecule has 3 aromatic rings. The van der Waals surface area contributed by atoms with Gasteiger partial charge in [-0.05, 0) is 42.5 Å². The molecule has 6 heteroatoms. The summed E-state index contributed by atoms with van der Waals surface area (Å²) in [5, 5.41) is 2.81. The first-order valence-electron chi connectivity index (χ1n) is 8.86. The quantitative estimate of drug-likeness (QED) is 0.518. The molecule has 0 heterocycles. The average molecular weight is 393 g/mol. The Bertz CT molecular complexity index is 1020. The predicted molar refractivity (Wildman–Crippen MR) is 110 cm³/mol. The first-order chi connectivity index (χ1) is 14.1. The minimum absolute atomic E-state index is 0.326. The minimum Gasteiger partial charge on any atom is -0.493 e. The molecule has 148 valence electrons. The fourth-order valence-corrected chi connectivity index (χ4v) is 2.59. The van der Waals surface area contributed by atoms with Crippen molar-refractivity contribution in [3.8, 4) is 23.0 Å². The van der Waals surface area contributed by atoms with Gasteiger partial charge in [-0.25, -0.2) is 4.39 Å². The van der Waals surface area contributed by atoms with Gasteiger partial charge < -0.3 is 19.5 Å². The summed E-state index contributed by atoms with van der Waals surface area (Å²) in [6.07, 6.45) is 1.62. The van der Waals surface area contributed by atoms with Crippen LogP contribution in [-0.4, -0.2) is 19.6 Å². The Balaban J connectivity index is 1.79. The highest BCUT2D eigenvalue weighted by Gasteiger charge is 2.14. The SMILES string of the molecule is C=CCOc1ccc(C(=O)Nc2ccccc2Oc2cccc(F)c2)cc1OC. The van der Waals surface area contributed by atoms with Crippen molar-refractivity contribution in [1.29, 1.82) is 0 Å². The molecule has 29 heavy (non-hydrogen) atoms. The van der Waals surface area contributed by atoms with Gasteiger partial charge in [-0.15, -0.1) is 0 Å². The van der Waals surface area contributed by atoms with Crippen molar-refractivity contribution in [2.45, 2.75) is 0 Å². The van der Waals surface area contributed by atoms with Crippen LogP contribution in [0.1, 0.15) is 10.4 Å². The van der Waals surface area contributed by atoms with Crippen LogP contribution in [0.2, 0.25) is 0 Å². The molecule has 0 aliphatic rings. The van der Waals surface area contributed by atoms with E-state index in [0.29, 0.717) is 40.9 Å². The Morgan fingerprint density at radius 3 is 2.62 bits per heavy atom. The van der Waals surface area contributed by atoms with Crippen molar-refractivity contribution in [1.82, 2.24) is 0 Å². The van der Waals surface area contributed by atoms with Gasteiger partial charge in [0.05, 0.1) is 12.8 Å². The summed E-state index contributed by atoms with van der Waals surface area (Å²) in [7, 11) is 1.50. The van der Waals surface area contributed by atoms with E-state index < -0.39 is 5.82 Å². The molecule has 1 N–H and O–H groups in total. The highest BCUT2D eigenvalue weighted by atomic mass is 19.1. The van der Waals surface area contributed by atoms with Gasteiger partial charge in [-0.2, -0.15) is 0 Å². The van der Waals surface area contributed by atoms with Crippen LogP contribution in [0, 0.1) is 5.82 Å². The third kappa shape index (κ3) is 5.13. The van der Waals surface area contributed by atoms with Gasteiger partial charge in [0, 0.05) is 11.6 Å². The molecule has 0 aliphatic heterocycles. The zero-order valence-corrected chi connectivity index (χ0v) is 15.9. The lowest BCUT2D eigenvalue weighted by Crippen LogP contribution is -2.13. The number of benzene rings is 3. The van der Waals surface area contributed by atoms with E-state index in [4.69, 9.17) is 14.2 Å². The van der Waals surface area contributed by atoms with Crippen LogP contribution in [-0.2, 0) is 0 Å². The van der Waals surface area contributed by atoms with Crippen molar-refractivity contribution in [2.75, 3.05) is 19.0 Å². The van der Waals surface area contributed by atoms with Crippen LogP contribution < -0.4 is 19.5 Å². The summed E-state index contributed by atoms with van der Waals surface area (Å²) in [5.74, 6) is 0.910. The number of rotatable bonds is 8. The number of amides is 1. The Morgan fingerprint density at radius 2 is 1.86 bits per heavy atom. The number of hydrogen-bond donors (Lipinski definition) is 1. The van der Waals surface area contributed by atoms with Crippen molar-refractivity contribution in [2.24, 2.45) is 0 Å². The number of methoxy groups -OCH3 is 1. The highest BCUT2D eigenvalue weighted by Crippen LogP contribution is 2.31. The maximum Gasteiger partial charge on any atom is 0.255 e. The van der Waals surface area contributed by atoms with Gasteiger partial charge in [-0.1, -0.05) is 30.9 Å². The molecular formula is C23H20FNO4. The molecule has 0 fully saturated rings.